The summed E-state index contributed by atoms with van der Waals surface area (Å²) in [6, 6.07) is 74.3. The number of rotatable bonds is 6. The zero-order valence-electron chi connectivity index (χ0n) is 34.0. The van der Waals surface area contributed by atoms with Crippen LogP contribution >= 0.6 is 0 Å². The van der Waals surface area contributed by atoms with Crippen molar-refractivity contribution in [3.63, 3.8) is 0 Å². The standard InChI is InChI=1S/C58H45N/c1-57(2)50-28-15-14-25-47(50)48-32-31-45(37-52(48)57)59(44-23-12-7-13-24-44)53-33-30-40-22-16-29-51-54(40)55(53)49-27-17-26-46(56(49)58(51,3)4)43-35-41(38-18-8-5-9-19-38)34-42(36-43)39-20-10-6-11-21-39/h5-37H,1-4H3. The van der Waals surface area contributed by atoms with Gasteiger partial charge < -0.3 is 4.90 Å². The third-order valence-electron chi connectivity index (χ3n) is 13.2. The molecular weight excluding hydrogens is 711 g/mol. The van der Waals surface area contributed by atoms with Gasteiger partial charge in [-0.1, -0.05) is 179 Å². The predicted molar refractivity (Wildman–Crippen MR) is 250 cm³/mol. The van der Waals surface area contributed by atoms with Crippen LogP contribution in [-0.4, -0.2) is 0 Å². The van der Waals surface area contributed by atoms with Crippen LogP contribution in [-0.2, 0) is 10.8 Å². The monoisotopic (exact) mass is 755 g/mol. The maximum absolute atomic E-state index is 2.50. The van der Waals surface area contributed by atoms with Gasteiger partial charge in [0, 0.05) is 27.8 Å². The van der Waals surface area contributed by atoms with Gasteiger partial charge in [-0.25, -0.2) is 0 Å². The van der Waals surface area contributed by atoms with Crippen molar-refractivity contribution in [1.29, 1.82) is 0 Å². The molecule has 9 aromatic carbocycles. The summed E-state index contributed by atoms with van der Waals surface area (Å²) in [6.07, 6.45) is 0. The molecule has 2 aliphatic rings. The fourth-order valence-electron chi connectivity index (χ4n) is 10.4. The molecule has 1 heteroatoms. The topological polar surface area (TPSA) is 3.24 Å². The Bertz CT molecular complexity index is 3020. The van der Waals surface area contributed by atoms with E-state index in [9.17, 15) is 0 Å². The number of fused-ring (bicyclic) bond motifs is 5. The van der Waals surface area contributed by atoms with Crippen molar-refractivity contribution < 1.29 is 0 Å². The molecule has 0 unspecified atom stereocenters. The second kappa shape index (κ2) is 13.3. The van der Waals surface area contributed by atoms with Gasteiger partial charge in [0.2, 0.25) is 0 Å². The van der Waals surface area contributed by atoms with Crippen molar-refractivity contribution in [3.8, 4) is 55.6 Å². The van der Waals surface area contributed by atoms with Gasteiger partial charge in [0.15, 0.2) is 0 Å². The molecule has 0 heterocycles. The van der Waals surface area contributed by atoms with Crippen LogP contribution in [0.15, 0.2) is 200 Å². The molecule has 0 aliphatic heterocycles. The van der Waals surface area contributed by atoms with Crippen molar-refractivity contribution in [2.24, 2.45) is 0 Å². The SMILES string of the molecule is CC1(C)c2ccccc2-c2ccc(N(c3ccccc3)c3ccc4cccc5c4c3-c3cccc(-c4cc(-c6ccccc6)cc(-c6ccccc6)c4)c3C5(C)C)cc21. The van der Waals surface area contributed by atoms with E-state index in [0.29, 0.717) is 0 Å². The first kappa shape index (κ1) is 35.2. The molecule has 59 heavy (non-hydrogen) atoms. The van der Waals surface area contributed by atoms with Crippen molar-refractivity contribution in [3.05, 3.63) is 222 Å². The number of hydrogen-bond donors (Lipinski definition) is 0. The highest BCUT2D eigenvalue weighted by atomic mass is 15.1. The Hall–Kier alpha value is -6.96. The summed E-state index contributed by atoms with van der Waals surface area (Å²) in [7, 11) is 0. The number of hydrogen-bond acceptors (Lipinski definition) is 1. The predicted octanol–water partition coefficient (Wildman–Crippen LogP) is 15.9. The molecule has 2 aliphatic carbocycles. The van der Waals surface area contributed by atoms with Crippen molar-refractivity contribution in [1.82, 2.24) is 0 Å². The quantitative estimate of drug-likeness (QED) is 0.163. The zero-order chi connectivity index (χ0) is 39.9. The number of benzene rings is 9. The molecule has 0 spiro atoms. The van der Waals surface area contributed by atoms with Gasteiger partial charge in [0.1, 0.15) is 0 Å². The van der Waals surface area contributed by atoms with Crippen molar-refractivity contribution in [2.75, 3.05) is 4.90 Å². The summed E-state index contributed by atoms with van der Waals surface area (Å²) in [6.45, 7) is 9.59. The molecule has 9 aromatic rings. The number of anilines is 3. The first-order chi connectivity index (χ1) is 28.8. The van der Waals surface area contributed by atoms with E-state index >= 15 is 0 Å². The molecule has 1 nitrogen and oxygen atoms in total. The Balaban J connectivity index is 1.18. The van der Waals surface area contributed by atoms with E-state index in [4.69, 9.17) is 0 Å². The molecule has 0 saturated heterocycles. The van der Waals surface area contributed by atoms with Gasteiger partial charge >= 0.3 is 0 Å². The smallest absolute Gasteiger partial charge is 0.0546 e. The van der Waals surface area contributed by atoms with E-state index in [1.165, 1.54) is 94.3 Å². The van der Waals surface area contributed by atoms with Crippen LogP contribution in [0.25, 0.3) is 66.4 Å². The Morgan fingerprint density at radius 2 is 0.898 bits per heavy atom. The molecule has 0 radical (unpaired) electrons. The second-order valence-corrected chi connectivity index (χ2v) is 17.3. The first-order valence-corrected chi connectivity index (χ1v) is 20.8. The Kier molecular flexibility index (Phi) is 7.94. The average molecular weight is 756 g/mol. The van der Waals surface area contributed by atoms with Crippen LogP contribution in [0, 0.1) is 0 Å². The van der Waals surface area contributed by atoms with Crippen LogP contribution in [0.4, 0.5) is 17.1 Å². The van der Waals surface area contributed by atoms with Gasteiger partial charge in [0.05, 0.1) is 5.69 Å². The van der Waals surface area contributed by atoms with Gasteiger partial charge in [-0.15, -0.1) is 0 Å². The summed E-state index contributed by atoms with van der Waals surface area (Å²) < 4.78 is 0. The van der Waals surface area contributed by atoms with Crippen molar-refractivity contribution in [2.45, 2.75) is 38.5 Å². The molecule has 0 aromatic heterocycles. The molecule has 0 amide bonds. The molecule has 0 atom stereocenters. The van der Waals surface area contributed by atoms with E-state index in [-0.39, 0.29) is 10.8 Å². The van der Waals surface area contributed by atoms with Crippen LogP contribution in [0.3, 0.4) is 0 Å². The first-order valence-electron chi connectivity index (χ1n) is 20.8. The lowest BCUT2D eigenvalue weighted by atomic mass is 9.66. The highest BCUT2D eigenvalue weighted by Crippen LogP contribution is 2.57. The van der Waals surface area contributed by atoms with E-state index in [0.717, 1.165) is 11.4 Å². The minimum Gasteiger partial charge on any atom is -0.310 e. The third kappa shape index (κ3) is 5.45. The third-order valence-corrected chi connectivity index (χ3v) is 13.2. The number of para-hydroxylation sites is 1. The fourth-order valence-corrected chi connectivity index (χ4v) is 10.4. The van der Waals surface area contributed by atoms with Crippen LogP contribution in [0.1, 0.15) is 49.9 Å². The zero-order valence-corrected chi connectivity index (χ0v) is 34.0. The largest absolute Gasteiger partial charge is 0.310 e. The van der Waals surface area contributed by atoms with Gasteiger partial charge in [-0.2, -0.15) is 0 Å². The molecule has 0 bridgehead atoms. The molecule has 0 fully saturated rings. The van der Waals surface area contributed by atoms with Crippen molar-refractivity contribution >= 4 is 27.8 Å². The lowest BCUT2D eigenvalue weighted by molar-refractivity contribution is 0.647. The maximum atomic E-state index is 2.50. The lowest BCUT2D eigenvalue weighted by Gasteiger charge is -2.39. The summed E-state index contributed by atoms with van der Waals surface area (Å²) in [5, 5.41) is 2.60. The van der Waals surface area contributed by atoms with Gasteiger partial charge in [-0.05, 0) is 132 Å². The van der Waals surface area contributed by atoms with E-state index in [1.54, 1.807) is 0 Å². The average Bonchev–Trinajstić information content (AvgIpc) is 3.51. The second-order valence-electron chi connectivity index (χ2n) is 17.3. The molecule has 11 rings (SSSR count). The Labute approximate surface area is 347 Å². The van der Waals surface area contributed by atoms with Gasteiger partial charge in [0.25, 0.3) is 0 Å². The minimum atomic E-state index is -0.284. The van der Waals surface area contributed by atoms with E-state index < -0.39 is 0 Å². The summed E-state index contributed by atoms with van der Waals surface area (Å²) in [4.78, 5) is 2.50. The molecular formula is C58H45N. The highest BCUT2D eigenvalue weighted by molar-refractivity contribution is 6.11. The maximum Gasteiger partial charge on any atom is 0.0546 e. The van der Waals surface area contributed by atoms with E-state index in [2.05, 4.69) is 233 Å². The Morgan fingerprint density at radius 3 is 1.61 bits per heavy atom. The Morgan fingerprint density at radius 1 is 0.339 bits per heavy atom. The van der Waals surface area contributed by atoms with Crippen LogP contribution < -0.4 is 4.90 Å². The summed E-state index contributed by atoms with van der Waals surface area (Å²) >= 11 is 0. The molecule has 0 saturated carbocycles. The molecule has 282 valence electrons. The van der Waals surface area contributed by atoms with Crippen LogP contribution in [0.5, 0.6) is 0 Å². The fraction of sp³-hybridized carbons (Fsp3) is 0.103. The number of nitrogens with zero attached hydrogens (tertiary/aromatic N) is 1. The normalized spacial score (nSPS) is 14.0. The highest BCUT2D eigenvalue weighted by Gasteiger charge is 2.39. The minimum absolute atomic E-state index is 0.118. The van der Waals surface area contributed by atoms with Crippen LogP contribution in [0.2, 0.25) is 0 Å². The lowest BCUT2D eigenvalue weighted by Crippen LogP contribution is -2.25. The van der Waals surface area contributed by atoms with Gasteiger partial charge in [-0.3, -0.25) is 0 Å². The van der Waals surface area contributed by atoms with E-state index in [1.807, 2.05) is 0 Å². The summed E-state index contributed by atoms with van der Waals surface area (Å²) in [5.74, 6) is 0. The molecule has 0 N–H and O–H groups in total. The summed E-state index contributed by atoms with van der Waals surface area (Å²) in [5.41, 5.74) is 21.1.